The van der Waals surface area contributed by atoms with Crippen LogP contribution in [0, 0.1) is 11.6 Å². The number of fused-ring (bicyclic) bond motifs is 9. The summed E-state index contributed by atoms with van der Waals surface area (Å²) in [5.41, 5.74) is 20.5. The Balaban J connectivity index is 0.949. The van der Waals surface area contributed by atoms with Crippen molar-refractivity contribution in [1.29, 1.82) is 0 Å². The highest BCUT2D eigenvalue weighted by molar-refractivity contribution is 6.14. The molecule has 0 fully saturated rings. The summed E-state index contributed by atoms with van der Waals surface area (Å²) in [5, 5.41) is 1.80. The molecule has 0 radical (unpaired) electrons. The molecule has 2 unspecified atom stereocenters. The standard InChI is InChI=1S/C78H52F2N2O/c1-3-51-29-33-55(34-30-51)77(53-17-7-5-8-18-53)69-25-13-11-21-63(69)65-47-45-61(49-71(65)77)81(59-41-37-57(79)38-42-59)73-27-15-23-67-68-24-16-28-74(76(68)83-75(67)73)82(60-43-39-58(80)40-44-60)62-46-48-66-64-22-12-14-26-70(64)78(72(66)50-62,54-19-9-6-10-20-54)56-35-31-52(4-2)32-36-56/h3-50H,1-2H2. The normalized spacial score (nSPS) is 15.5. The van der Waals surface area contributed by atoms with Gasteiger partial charge in [0.2, 0.25) is 0 Å². The molecule has 2 aliphatic carbocycles. The SMILES string of the molecule is C=Cc1ccc(C2(c3ccccc3)c3ccccc3-c3ccc(N(c4ccc(F)cc4)c4cccc5c4oc4c(N(c6ccc(F)cc6)c6ccc7c(c6)C(c6ccccc6)(c6ccc(C=C)cc6)c6ccccc6-7)cccc45)cc32)cc1. The third kappa shape index (κ3) is 7.55. The van der Waals surface area contributed by atoms with E-state index in [0.717, 1.165) is 112 Å². The number of rotatable bonds is 12. The molecule has 0 aliphatic heterocycles. The zero-order valence-corrected chi connectivity index (χ0v) is 45.2. The van der Waals surface area contributed by atoms with Crippen molar-refractivity contribution in [1.82, 2.24) is 0 Å². The van der Waals surface area contributed by atoms with E-state index in [-0.39, 0.29) is 11.6 Å². The van der Waals surface area contributed by atoms with E-state index in [1.54, 1.807) is 0 Å². The van der Waals surface area contributed by atoms with Crippen LogP contribution in [0.2, 0.25) is 0 Å². The highest BCUT2D eigenvalue weighted by atomic mass is 19.1. The van der Waals surface area contributed by atoms with Gasteiger partial charge >= 0.3 is 0 Å². The van der Waals surface area contributed by atoms with Gasteiger partial charge in [0.25, 0.3) is 0 Å². The Hall–Kier alpha value is -10.6. The first-order valence-corrected chi connectivity index (χ1v) is 28.0. The summed E-state index contributed by atoms with van der Waals surface area (Å²) in [6.45, 7) is 8.14. The minimum absolute atomic E-state index is 0.335. The molecular weight excluding hydrogens is 1020 g/mol. The van der Waals surface area contributed by atoms with Gasteiger partial charge in [0.05, 0.1) is 22.2 Å². The number of para-hydroxylation sites is 2. The topological polar surface area (TPSA) is 19.6 Å². The molecule has 0 N–H and O–H groups in total. The lowest BCUT2D eigenvalue weighted by molar-refractivity contribution is 0.627. The van der Waals surface area contributed by atoms with Gasteiger partial charge in [-0.15, -0.1) is 0 Å². The summed E-state index contributed by atoms with van der Waals surface area (Å²) in [6.07, 6.45) is 3.76. The van der Waals surface area contributed by atoms with E-state index in [0.29, 0.717) is 11.2 Å². The van der Waals surface area contributed by atoms with Gasteiger partial charge in [0.15, 0.2) is 11.2 Å². The van der Waals surface area contributed by atoms with Crippen molar-refractivity contribution in [2.45, 2.75) is 10.8 Å². The second kappa shape index (κ2) is 19.6. The predicted octanol–water partition coefficient (Wildman–Crippen LogP) is 20.8. The van der Waals surface area contributed by atoms with Crippen LogP contribution in [-0.2, 0) is 10.8 Å². The van der Waals surface area contributed by atoms with Gasteiger partial charge in [0, 0.05) is 33.5 Å². The fraction of sp³-hybridized carbons (Fsp3) is 0.0256. The van der Waals surface area contributed by atoms with E-state index >= 15 is 8.78 Å². The first-order chi connectivity index (χ1) is 40.9. The third-order valence-electron chi connectivity index (χ3n) is 17.3. The van der Waals surface area contributed by atoms with Crippen LogP contribution in [0.3, 0.4) is 0 Å². The van der Waals surface area contributed by atoms with Crippen LogP contribution >= 0.6 is 0 Å². The molecule has 12 aromatic carbocycles. The maximum Gasteiger partial charge on any atom is 0.159 e. The van der Waals surface area contributed by atoms with Gasteiger partial charge in [-0.1, -0.05) is 219 Å². The van der Waals surface area contributed by atoms with Gasteiger partial charge in [-0.3, -0.25) is 0 Å². The average molecular weight is 1070 g/mol. The van der Waals surface area contributed by atoms with Crippen molar-refractivity contribution in [3.63, 3.8) is 0 Å². The van der Waals surface area contributed by atoms with E-state index < -0.39 is 10.8 Å². The van der Waals surface area contributed by atoms with E-state index in [9.17, 15) is 0 Å². The second-order valence-electron chi connectivity index (χ2n) is 21.5. The Bertz CT molecular complexity index is 4370. The molecule has 13 aromatic rings. The number of benzene rings is 12. The maximum absolute atomic E-state index is 15.1. The third-order valence-corrected chi connectivity index (χ3v) is 17.3. The highest BCUT2D eigenvalue weighted by Gasteiger charge is 2.48. The molecule has 0 amide bonds. The molecule has 0 saturated carbocycles. The molecule has 0 saturated heterocycles. The minimum atomic E-state index is -0.696. The smallest absolute Gasteiger partial charge is 0.159 e. The summed E-state index contributed by atoms with van der Waals surface area (Å²) >= 11 is 0. The average Bonchev–Trinajstić information content (AvgIpc) is 4.11. The van der Waals surface area contributed by atoms with Crippen LogP contribution in [0.15, 0.2) is 297 Å². The molecule has 0 bridgehead atoms. The van der Waals surface area contributed by atoms with Crippen molar-refractivity contribution in [2.75, 3.05) is 9.80 Å². The number of nitrogens with zero attached hydrogens (tertiary/aromatic N) is 2. The van der Waals surface area contributed by atoms with Crippen molar-refractivity contribution < 1.29 is 13.2 Å². The molecule has 5 heteroatoms. The van der Waals surface area contributed by atoms with Gasteiger partial charge < -0.3 is 14.2 Å². The molecule has 394 valence electrons. The molecule has 0 spiro atoms. The van der Waals surface area contributed by atoms with Crippen molar-refractivity contribution in [3.05, 3.63) is 359 Å². The molecule has 2 aliphatic rings. The molecule has 83 heavy (non-hydrogen) atoms. The van der Waals surface area contributed by atoms with Crippen molar-refractivity contribution in [2.24, 2.45) is 0 Å². The number of hydrogen-bond donors (Lipinski definition) is 0. The Labute approximate surface area is 481 Å². The van der Waals surface area contributed by atoms with Crippen molar-refractivity contribution >= 4 is 68.2 Å². The summed E-state index contributed by atoms with van der Waals surface area (Å²) in [6, 6.07) is 95.7. The molecule has 15 rings (SSSR count). The first-order valence-electron chi connectivity index (χ1n) is 28.0. The van der Waals surface area contributed by atoms with E-state index in [1.807, 2.05) is 36.4 Å². The Kier molecular flexibility index (Phi) is 11.7. The Morgan fingerprint density at radius 1 is 0.313 bits per heavy atom. The van der Waals surface area contributed by atoms with Gasteiger partial charge in [-0.2, -0.15) is 0 Å². The molecule has 3 nitrogen and oxygen atoms in total. The predicted molar refractivity (Wildman–Crippen MR) is 338 cm³/mol. The Morgan fingerprint density at radius 3 is 1.06 bits per heavy atom. The molecule has 1 aromatic heterocycles. The van der Waals surface area contributed by atoms with E-state index in [1.165, 1.54) is 35.4 Å². The quantitative estimate of drug-likeness (QED) is 0.122. The number of halogens is 2. The van der Waals surface area contributed by atoms with Crippen molar-refractivity contribution in [3.8, 4) is 22.3 Å². The lowest BCUT2D eigenvalue weighted by atomic mass is 9.67. The van der Waals surface area contributed by atoms with Crippen LogP contribution in [0.4, 0.5) is 42.9 Å². The number of furan rings is 1. The highest BCUT2D eigenvalue weighted by Crippen LogP contribution is 2.60. The zero-order valence-electron chi connectivity index (χ0n) is 45.2. The fourth-order valence-corrected chi connectivity index (χ4v) is 13.7. The summed E-state index contributed by atoms with van der Waals surface area (Å²) < 4.78 is 37.7. The number of hydrogen-bond acceptors (Lipinski definition) is 3. The first kappa shape index (κ1) is 49.4. The zero-order chi connectivity index (χ0) is 55.8. The van der Waals surface area contributed by atoms with Gasteiger partial charge in [-0.05, 0) is 163 Å². The lowest BCUT2D eigenvalue weighted by Crippen LogP contribution is -2.28. The maximum atomic E-state index is 15.1. The molecule has 1 heterocycles. The monoisotopic (exact) mass is 1070 g/mol. The van der Waals surface area contributed by atoms with Crippen LogP contribution in [0.5, 0.6) is 0 Å². The van der Waals surface area contributed by atoms with Crippen LogP contribution in [-0.4, -0.2) is 0 Å². The molecule has 2 atom stereocenters. The van der Waals surface area contributed by atoms with Gasteiger partial charge in [0.1, 0.15) is 11.6 Å². The van der Waals surface area contributed by atoms with Crippen LogP contribution in [0.25, 0.3) is 56.3 Å². The van der Waals surface area contributed by atoms with E-state index in [2.05, 4.69) is 253 Å². The summed E-state index contributed by atoms with van der Waals surface area (Å²) in [5.74, 6) is -0.669. The molecular formula is C78H52F2N2O. The summed E-state index contributed by atoms with van der Waals surface area (Å²) in [7, 11) is 0. The second-order valence-corrected chi connectivity index (χ2v) is 21.5. The lowest BCUT2D eigenvalue weighted by Gasteiger charge is -2.35. The fourth-order valence-electron chi connectivity index (χ4n) is 13.7. The number of anilines is 6. The van der Waals surface area contributed by atoms with Crippen LogP contribution < -0.4 is 9.80 Å². The summed E-state index contributed by atoms with van der Waals surface area (Å²) in [4.78, 5) is 4.37. The van der Waals surface area contributed by atoms with Crippen LogP contribution in [0.1, 0.15) is 55.6 Å². The Morgan fingerprint density at radius 2 is 0.663 bits per heavy atom. The van der Waals surface area contributed by atoms with E-state index in [4.69, 9.17) is 4.42 Å². The largest absolute Gasteiger partial charge is 0.452 e. The van der Waals surface area contributed by atoms with Gasteiger partial charge in [-0.25, -0.2) is 8.78 Å². The minimum Gasteiger partial charge on any atom is -0.452 e.